The van der Waals surface area contributed by atoms with Crippen molar-refractivity contribution in [3.05, 3.63) is 24.3 Å². The zero-order valence-electron chi connectivity index (χ0n) is 14.4. The molecule has 1 aromatic carbocycles. The third-order valence-electron chi connectivity index (χ3n) is 4.29. The van der Waals surface area contributed by atoms with Gasteiger partial charge < -0.3 is 19.7 Å². The summed E-state index contributed by atoms with van der Waals surface area (Å²) < 4.78 is 10.7. The third-order valence-corrected chi connectivity index (χ3v) is 4.29. The molecule has 0 atom stereocenters. The minimum absolute atomic E-state index is 0.0220. The summed E-state index contributed by atoms with van der Waals surface area (Å²) in [7, 11) is 1.62. The summed E-state index contributed by atoms with van der Waals surface area (Å²) in [4.78, 5) is 25.2. The van der Waals surface area contributed by atoms with E-state index in [1.807, 2.05) is 24.3 Å². The summed E-state index contributed by atoms with van der Waals surface area (Å²) in [5.41, 5.74) is 0. The maximum atomic E-state index is 11.8. The first-order valence-corrected chi connectivity index (χ1v) is 8.40. The third kappa shape index (κ3) is 5.44. The average molecular weight is 334 g/mol. The number of hydrogen-bond acceptors (Lipinski definition) is 4. The molecule has 0 aliphatic heterocycles. The normalized spacial score (nSPS) is 13.8. The van der Waals surface area contributed by atoms with Gasteiger partial charge >= 0.3 is 0 Å². The second-order valence-electron chi connectivity index (χ2n) is 5.95. The van der Waals surface area contributed by atoms with Crippen molar-refractivity contribution in [1.82, 2.24) is 10.2 Å². The fourth-order valence-electron chi connectivity index (χ4n) is 2.50. The molecule has 0 spiro atoms. The van der Waals surface area contributed by atoms with Gasteiger partial charge in [-0.3, -0.25) is 9.59 Å². The molecule has 1 fully saturated rings. The summed E-state index contributed by atoms with van der Waals surface area (Å²) in [5.74, 6) is 1.77. The van der Waals surface area contributed by atoms with Crippen LogP contribution in [0.2, 0.25) is 0 Å². The first-order valence-electron chi connectivity index (χ1n) is 8.40. The van der Waals surface area contributed by atoms with Crippen molar-refractivity contribution >= 4 is 11.8 Å². The molecule has 1 saturated carbocycles. The lowest BCUT2D eigenvalue weighted by Crippen LogP contribution is -2.42. The van der Waals surface area contributed by atoms with E-state index in [1.54, 1.807) is 12.0 Å². The fraction of sp³-hybridized carbons (Fsp3) is 0.556. The van der Waals surface area contributed by atoms with E-state index in [2.05, 4.69) is 5.32 Å². The van der Waals surface area contributed by atoms with Gasteiger partial charge in [-0.1, -0.05) is 6.42 Å². The summed E-state index contributed by atoms with van der Waals surface area (Å²) in [6, 6.07) is 7.31. The van der Waals surface area contributed by atoms with E-state index >= 15 is 0 Å². The number of ether oxygens (including phenoxy) is 2. The topological polar surface area (TPSA) is 67.9 Å². The Bertz CT molecular complexity index is 540. The highest BCUT2D eigenvalue weighted by molar-refractivity contribution is 5.79. The van der Waals surface area contributed by atoms with Crippen molar-refractivity contribution in [3.63, 3.8) is 0 Å². The van der Waals surface area contributed by atoms with Crippen LogP contribution in [0.5, 0.6) is 11.5 Å². The molecule has 1 aromatic rings. The maximum absolute atomic E-state index is 11.8. The van der Waals surface area contributed by atoms with Gasteiger partial charge in [0, 0.05) is 25.9 Å². The van der Waals surface area contributed by atoms with Crippen LogP contribution in [0, 0.1) is 5.92 Å². The van der Waals surface area contributed by atoms with Gasteiger partial charge in [-0.15, -0.1) is 0 Å². The molecule has 132 valence electrons. The van der Waals surface area contributed by atoms with E-state index in [4.69, 9.17) is 9.47 Å². The number of methoxy groups -OCH3 is 1. The van der Waals surface area contributed by atoms with Crippen LogP contribution in [0.25, 0.3) is 0 Å². The number of amides is 2. The van der Waals surface area contributed by atoms with Crippen LogP contribution in [0.1, 0.15) is 26.2 Å². The molecular weight excluding hydrogens is 308 g/mol. The van der Waals surface area contributed by atoms with Crippen LogP contribution >= 0.6 is 0 Å². The Morgan fingerprint density at radius 1 is 1.17 bits per heavy atom. The van der Waals surface area contributed by atoms with Crippen molar-refractivity contribution in [2.45, 2.75) is 26.2 Å². The minimum atomic E-state index is -0.0220. The van der Waals surface area contributed by atoms with Crippen LogP contribution < -0.4 is 14.8 Å². The van der Waals surface area contributed by atoms with E-state index in [-0.39, 0.29) is 17.7 Å². The predicted molar refractivity (Wildman–Crippen MR) is 91.1 cm³/mol. The number of benzene rings is 1. The molecule has 2 amide bonds. The lowest BCUT2D eigenvalue weighted by molar-refractivity contribution is -0.131. The molecule has 0 unspecified atom stereocenters. The van der Waals surface area contributed by atoms with Gasteiger partial charge in [-0.05, 0) is 37.1 Å². The van der Waals surface area contributed by atoms with E-state index in [0.29, 0.717) is 26.2 Å². The second-order valence-corrected chi connectivity index (χ2v) is 5.95. The van der Waals surface area contributed by atoms with E-state index in [9.17, 15) is 9.59 Å². The molecule has 1 aliphatic rings. The Kier molecular flexibility index (Phi) is 6.90. The summed E-state index contributed by atoms with van der Waals surface area (Å²) in [6.45, 7) is 3.40. The summed E-state index contributed by atoms with van der Waals surface area (Å²) >= 11 is 0. The Morgan fingerprint density at radius 2 is 1.83 bits per heavy atom. The number of carbonyl (C=O) groups excluding carboxylic acids is 2. The Labute approximate surface area is 143 Å². The Balaban J connectivity index is 1.68. The highest BCUT2D eigenvalue weighted by atomic mass is 16.5. The van der Waals surface area contributed by atoms with Crippen molar-refractivity contribution in [2.75, 3.05) is 33.4 Å². The number of hydrogen-bond donors (Lipinski definition) is 1. The quantitative estimate of drug-likeness (QED) is 0.748. The molecular formula is C18H26N2O4. The molecule has 2 rings (SSSR count). The van der Waals surface area contributed by atoms with E-state index < -0.39 is 0 Å². The number of nitrogens with one attached hydrogen (secondary N) is 1. The van der Waals surface area contributed by atoms with Gasteiger partial charge in [0.2, 0.25) is 11.8 Å². The van der Waals surface area contributed by atoms with Gasteiger partial charge in [0.1, 0.15) is 18.1 Å². The lowest BCUT2D eigenvalue weighted by Gasteiger charge is -2.25. The van der Waals surface area contributed by atoms with Crippen molar-refractivity contribution < 1.29 is 19.1 Å². The number of rotatable bonds is 9. The standard InChI is InChI=1S/C18H26N2O4/c1-14(21)20(11-10-19-18(22)15-4-3-5-15)12-13-24-17-8-6-16(23-2)7-9-17/h6-9,15H,3-5,10-13H2,1-2H3,(H,19,22). The number of carbonyl (C=O) groups is 2. The first kappa shape index (κ1) is 18.1. The largest absolute Gasteiger partial charge is 0.497 e. The molecule has 0 bridgehead atoms. The SMILES string of the molecule is COc1ccc(OCCN(CCNC(=O)C2CCC2)C(C)=O)cc1. The van der Waals surface area contributed by atoms with E-state index in [0.717, 1.165) is 30.8 Å². The van der Waals surface area contributed by atoms with Crippen molar-refractivity contribution in [1.29, 1.82) is 0 Å². The molecule has 0 heterocycles. The monoisotopic (exact) mass is 334 g/mol. The summed E-state index contributed by atoms with van der Waals surface area (Å²) in [5, 5.41) is 2.90. The highest BCUT2D eigenvalue weighted by Gasteiger charge is 2.24. The molecule has 6 heteroatoms. The average Bonchev–Trinajstić information content (AvgIpc) is 2.52. The van der Waals surface area contributed by atoms with Crippen LogP contribution in [0.4, 0.5) is 0 Å². The van der Waals surface area contributed by atoms with Gasteiger partial charge in [-0.2, -0.15) is 0 Å². The molecule has 0 aromatic heterocycles. The molecule has 1 N–H and O–H groups in total. The van der Waals surface area contributed by atoms with Crippen LogP contribution in [-0.2, 0) is 9.59 Å². The molecule has 6 nitrogen and oxygen atoms in total. The second kappa shape index (κ2) is 9.15. The van der Waals surface area contributed by atoms with Gasteiger partial charge in [0.05, 0.1) is 13.7 Å². The predicted octanol–water partition coefficient (Wildman–Crippen LogP) is 1.84. The zero-order chi connectivity index (χ0) is 17.4. The van der Waals surface area contributed by atoms with Crippen molar-refractivity contribution in [3.8, 4) is 11.5 Å². The Hall–Kier alpha value is -2.24. The first-order chi connectivity index (χ1) is 11.6. The van der Waals surface area contributed by atoms with Crippen LogP contribution in [0.15, 0.2) is 24.3 Å². The van der Waals surface area contributed by atoms with E-state index in [1.165, 1.54) is 6.92 Å². The van der Waals surface area contributed by atoms with Gasteiger partial charge in [0.15, 0.2) is 0 Å². The molecule has 1 aliphatic carbocycles. The Morgan fingerprint density at radius 3 is 2.38 bits per heavy atom. The summed E-state index contributed by atoms with van der Waals surface area (Å²) in [6.07, 6.45) is 3.11. The highest BCUT2D eigenvalue weighted by Crippen LogP contribution is 2.26. The number of nitrogens with zero attached hydrogens (tertiary/aromatic N) is 1. The zero-order valence-corrected chi connectivity index (χ0v) is 14.4. The lowest BCUT2D eigenvalue weighted by atomic mass is 9.85. The molecule has 0 radical (unpaired) electrons. The van der Waals surface area contributed by atoms with Gasteiger partial charge in [0.25, 0.3) is 0 Å². The fourth-order valence-corrected chi connectivity index (χ4v) is 2.50. The van der Waals surface area contributed by atoms with Crippen LogP contribution in [-0.4, -0.2) is 50.1 Å². The van der Waals surface area contributed by atoms with Crippen LogP contribution in [0.3, 0.4) is 0 Å². The minimum Gasteiger partial charge on any atom is -0.497 e. The molecule has 0 saturated heterocycles. The maximum Gasteiger partial charge on any atom is 0.223 e. The molecule has 24 heavy (non-hydrogen) atoms. The van der Waals surface area contributed by atoms with Gasteiger partial charge in [-0.25, -0.2) is 0 Å². The van der Waals surface area contributed by atoms with Crippen molar-refractivity contribution in [2.24, 2.45) is 5.92 Å². The smallest absolute Gasteiger partial charge is 0.223 e.